The van der Waals surface area contributed by atoms with Gasteiger partial charge >= 0.3 is 0 Å². The molecule has 0 saturated heterocycles. The topological polar surface area (TPSA) is 9.23 Å². The minimum atomic E-state index is 0.123. The minimum Gasteiger partial charge on any atom is -0.423 e. The van der Waals surface area contributed by atoms with Crippen LogP contribution in [0.25, 0.3) is 0 Å². The van der Waals surface area contributed by atoms with Crippen molar-refractivity contribution >= 4 is 10.5 Å². The first kappa shape index (κ1) is 15.2. The third-order valence-corrected chi connectivity index (χ3v) is 4.37. The Morgan fingerprint density at radius 1 is 1.07 bits per heavy atom. The molecular weight excluding hydrogens is 200 g/mol. The van der Waals surface area contributed by atoms with Crippen LogP contribution in [0.2, 0.25) is 0 Å². The quantitative estimate of drug-likeness (QED) is 0.551. The van der Waals surface area contributed by atoms with Crippen LogP contribution < -0.4 is 0 Å². The predicted octanol–water partition coefficient (Wildman–Crippen LogP) is 3.45. The van der Waals surface area contributed by atoms with Crippen LogP contribution in [0.4, 0.5) is 0 Å². The lowest BCUT2D eigenvalue weighted by Gasteiger charge is -2.29. The van der Waals surface area contributed by atoms with Crippen molar-refractivity contribution in [1.29, 1.82) is 0 Å². The summed E-state index contributed by atoms with van der Waals surface area (Å²) in [5.41, 5.74) is 0.123. The van der Waals surface area contributed by atoms with Gasteiger partial charge in [-0.25, -0.2) is 0 Å². The highest BCUT2D eigenvalue weighted by Gasteiger charge is 2.21. The molecule has 0 heterocycles. The molecular formula is C13H30OSi. The van der Waals surface area contributed by atoms with E-state index in [1.807, 2.05) is 0 Å². The van der Waals surface area contributed by atoms with E-state index in [9.17, 15) is 0 Å². The van der Waals surface area contributed by atoms with Gasteiger partial charge < -0.3 is 4.43 Å². The molecule has 0 aliphatic carbocycles. The molecule has 1 nitrogen and oxygen atoms in total. The second kappa shape index (κ2) is 8.34. The highest BCUT2D eigenvalue weighted by atomic mass is 28.2. The Morgan fingerprint density at radius 2 is 1.53 bits per heavy atom. The van der Waals surface area contributed by atoms with Gasteiger partial charge in [0.05, 0.1) is 0 Å². The molecule has 0 rings (SSSR count). The van der Waals surface area contributed by atoms with E-state index < -0.39 is 0 Å². The Hall–Kier alpha value is 0.177. The number of rotatable bonds is 9. The van der Waals surface area contributed by atoms with Crippen LogP contribution in [-0.2, 0) is 4.43 Å². The van der Waals surface area contributed by atoms with Crippen molar-refractivity contribution in [1.82, 2.24) is 0 Å². The van der Waals surface area contributed by atoms with Gasteiger partial charge in [-0.3, -0.25) is 0 Å². The molecule has 92 valence electrons. The maximum absolute atomic E-state index is 5.67. The summed E-state index contributed by atoms with van der Waals surface area (Å²) in [6.07, 6.45) is 9.44. The first-order chi connectivity index (χ1) is 7.05. The Kier molecular flexibility index (Phi) is 8.44. The van der Waals surface area contributed by atoms with Gasteiger partial charge in [-0.2, -0.15) is 0 Å². The van der Waals surface area contributed by atoms with Gasteiger partial charge in [0, 0.05) is 5.60 Å². The van der Waals surface area contributed by atoms with Gasteiger partial charge in [0.2, 0.25) is 0 Å². The van der Waals surface area contributed by atoms with E-state index in [0.29, 0.717) is 0 Å². The van der Waals surface area contributed by atoms with Crippen LogP contribution in [0.5, 0.6) is 0 Å². The van der Waals surface area contributed by atoms with Crippen molar-refractivity contribution in [3.63, 3.8) is 0 Å². The normalized spacial score (nSPS) is 12.6. The zero-order valence-corrected chi connectivity index (χ0v) is 13.4. The molecule has 0 aromatic carbocycles. The molecule has 0 atom stereocenters. The van der Waals surface area contributed by atoms with Crippen LogP contribution in [0, 0.1) is 5.92 Å². The Morgan fingerprint density at radius 3 is 1.87 bits per heavy atom. The third-order valence-electron chi connectivity index (χ3n) is 3.26. The van der Waals surface area contributed by atoms with E-state index in [-0.39, 0.29) is 5.60 Å². The summed E-state index contributed by atoms with van der Waals surface area (Å²) < 4.78 is 5.67. The average Bonchev–Trinajstić information content (AvgIpc) is 2.22. The van der Waals surface area contributed by atoms with Gasteiger partial charge in [0.1, 0.15) is 10.5 Å². The lowest BCUT2D eigenvalue weighted by atomic mass is 9.86. The Balaban J connectivity index is 3.98. The van der Waals surface area contributed by atoms with Crippen molar-refractivity contribution in [2.75, 3.05) is 0 Å². The fraction of sp³-hybridized carbons (Fsp3) is 1.00. The summed E-state index contributed by atoms with van der Waals surface area (Å²) in [6, 6.07) is 0. The maximum atomic E-state index is 5.67. The van der Waals surface area contributed by atoms with Crippen LogP contribution in [0.1, 0.15) is 72.6 Å². The minimum absolute atomic E-state index is 0.123. The van der Waals surface area contributed by atoms with Gasteiger partial charge in [-0.15, -0.1) is 0 Å². The standard InChI is InChI=1S/C13H30OSi/c1-5-7-9-12(10-8-6-2)11-13(3,4)14-15/h12H,5-11H2,1-4,15H3. The molecule has 0 saturated carbocycles. The second-order valence-electron chi connectivity index (χ2n) is 5.32. The van der Waals surface area contributed by atoms with Gasteiger partial charge in [-0.1, -0.05) is 52.4 Å². The molecule has 0 bridgehead atoms. The maximum Gasteiger partial charge on any atom is 0.146 e. The molecule has 0 unspecified atom stereocenters. The predicted molar refractivity (Wildman–Crippen MR) is 72.3 cm³/mol. The van der Waals surface area contributed by atoms with Crippen molar-refractivity contribution in [3.05, 3.63) is 0 Å². The fourth-order valence-corrected chi connectivity index (χ4v) is 2.28. The fourth-order valence-electron chi connectivity index (χ4n) is 2.11. The molecule has 0 radical (unpaired) electrons. The molecule has 0 fully saturated rings. The Bertz CT molecular complexity index is 137. The summed E-state index contributed by atoms with van der Waals surface area (Å²) in [5, 5.41) is 0. The molecule has 0 spiro atoms. The molecule has 2 heteroatoms. The molecule has 0 amide bonds. The summed E-state index contributed by atoms with van der Waals surface area (Å²) in [7, 11) is 0.863. The molecule has 0 aliphatic heterocycles. The first-order valence-corrected chi connectivity index (χ1v) is 7.42. The lowest BCUT2D eigenvalue weighted by molar-refractivity contribution is 0.0855. The average molecular weight is 230 g/mol. The van der Waals surface area contributed by atoms with E-state index in [2.05, 4.69) is 27.7 Å². The number of hydrogen-bond acceptors (Lipinski definition) is 1. The lowest BCUT2D eigenvalue weighted by Crippen LogP contribution is -2.27. The highest BCUT2D eigenvalue weighted by molar-refractivity contribution is 5.98. The van der Waals surface area contributed by atoms with E-state index in [1.165, 1.54) is 44.9 Å². The number of hydrogen-bond donors (Lipinski definition) is 0. The van der Waals surface area contributed by atoms with Crippen molar-refractivity contribution in [2.45, 2.75) is 78.2 Å². The molecule has 0 aliphatic rings. The van der Waals surface area contributed by atoms with Gasteiger partial charge in [0.25, 0.3) is 0 Å². The summed E-state index contributed by atoms with van der Waals surface area (Å²) in [6.45, 7) is 9.05. The molecule has 0 N–H and O–H groups in total. The third kappa shape index (κ3) is 8.03. The summed E-state index contributed by atoms with van der Waals surface area (Å²) in [5.74, 6) is 0.883. The Labute approximate surface area is 99.5 Å². The van der Waals surface area contributed by atoms with Crippen molar-refractivity contribution < 1.29 is 4.43 Å². The number of unbranched alkanes of at least 4 members (excludes halogenated alkanes) is 2. The highest BCUT2D eigenvalue weighted by Crippen LogP contribution is 2.27. The first-order valence-electron chi connectivity index (χ1n) is 6.60. The van der Waals surface area contributed by atoms with Crippen LogP contribution in [0.3, 0.4) is 0 Å². The van der Waals surface area contributed by atoms with E-state index >= 15 is 0 Å². The van der Waals surface area contributed by atoms with Crippen LogP contribution >= 0.6 is 0 Å². The zero-order chi connectivity index (χ0) is 11.7. The van der Waals surface area contributed by atoms with E-state index in [4.69, 9.17) is 4.43 Å². The smallest absolute Gasteiger partial charge is 0.146 e. The molecule has 0 aromatic heterocycles. The summed E-state index contributed by atoms with van der Waals surface area (Å²) in [4.78, 5) is 0. The van der Waals surface area contributed by atoms with Gasteiger partial charge in [0.15, 0.2) is 0 Å². The zero-order valence-electron chi connectivity index (χ0n) is 11.4. The second-order valence-corrected chi connectivity index (χ2v) is 5.73. The molecule has 15 heavy (non-hydrogen) atoms. The van der Waals surface area contributed by atoms with E-state index in [1.54, 1.807) is 0 Å². The van der Waals surface area contributed by atoms with Crippen LogP contribution in [-0.4, -0.2) is 16.1 Å². The van der Waals surface area contributed by atoms with Crippen molar-refractivity contribution in [3.8, 4) is 0 Å². The largest absolute Gasteiger partial charge is 0.423 e. The van der Waals surface area contributed by atoms with E-state index in [0.717, 1.165) is 16.4 Å². The van der Waals surface area contributed by atoms with Crippen molar-refractivity contribution in [2.24, 2.45) is 5.92 Å². The van der Waals surface area contributed by atoms with Gasteiger partial charge in [-0.05, 0) is 26.2 Å². The monoisotopic (exact) mass is 230 g/mol. The molecule has 0 aromatic rings. The van der Waals surface area contributed by atoms with Crippen LogP contribution in [0.15, 0.2) is 0 Å². The SMILES string of the molecule is CCCCC(CCCC)CC(C)(C)O[SiH3]. The summed E-state index contributed by atoms with van der Waals surface area (Å²) >= 11 is 0.